The van der Waals surface area contributed by atoms with E-state index in [0.717, 1.165) is 0 Å². The van der Waals surface area contributed by atoms with Crippen molar-refractivity contribution in [3.8, 4) is 0 Å². The first-order valence-electron chi connectivity index (χ1n) is 1.53. The van der Waals surface area contributed by atoms with Gasteiger partial charge in [0.2, 0.25) is 0 Å². The van der Waals surface area contributed by atoms with E-state index in [2.05, 4.69) is 19.2 Å². The smallest absolute Gasteiger partial charge is 0.0369 e. The van der Waals surface area contributed by atoms with Crippen LogP contribution in [0.4, 0.5) is 0 Å². The molecule has 0 amide bonds. The SMILES string of the molecule is C=C/C(N)=C\S. The van der Waals surface area contributed by atoms with Crippen LogP contribution in [0.25, 0.3) is 0 Å². The van der Waals surface area contributed by atoms with Gasteiger partial charge in [-0.1, -0.05) is 6.58 Å². The van der Waals surface area contributed by atoms with Crippen LogP contribution in [-0.2, 0) is 0 Å². The zero-order valence-electron chi connectivity index (χ0n) is 3.39. The molecule has 0 aliphatic carbocycles. The van der Waals surface area contributed by atoms with Gasteiger partial charge in [-0.3, -0.25) is 0 Å². The van der Waals surface area contributed by atoms with Gasteiger partial charge in [-0.05, 0) is 11.5 Å². The van der Waals surface area contributed by atoms with Gasteiger partial charge in [0, 0.05) is 5.70 Å². The summed E-state index contributed by atoms with van der Waals surface area (Å²) in [5, 5.41) is 1.49. The van der Waals surface area contributed by atoms with Crippen molar-refractivity contribution in [3.63, 3.8) is 0 Å². The van der Waals surface area contributed by atoms with Gasteiger partial charge in [-0.2, -0.15) is 0 Å². The Bertz CT molecular complexity index is 75.6. The lowest BCUT2D eigenvalue weighted by Crippen LogP contribution is -1.88. The lowest BCUT2D eigenvalue weighted by molar-refractivity contribution is 1.46. The Labute approximate surface area is 42.9 Å². The van der Waals surface area contributed by atoms with Crippen molar-refractivity contribution in [2.24, 2.45) is 5.73 Å². The van der Waals surface area contributed by atoms with Gasteiger partial charge in [0.05, 0.1) is 0 Å². The maximum Gasteiger partial charge on any atom is 0.0369 e. The Hall–Kier alpha value is -0.370. The lowest BCUT2D eigenvalue weighted by Gasteiger charge is -1.79. The topological polar surface area (TPSA) is 26.0 Å². The summed E-state index contributed by atoms with van der Waals surface area (Å²) in [4.78, 5) is 0. The molecule has 0 aromatic rings. The van der Waals surface area contributed by atoms with Crippen molar-refractivity contribution in [1.82, 2.24) is 0 Å². The van der Waals surface area contributed by atoms with Crippen LogP contribution in [0.1, 0.15) is 0 Å². The third kappa shape index (κ3) is 1.91. The second kappa shape index (κ2) is 2.85. The molecule has 0 aliphatic heterocycles. The van der Waals surface area contributed by atoms with E-state index in [1.807, 2.05) is 0 Å². The highest BCUT2D eigenvalue weighted by Crippen LogP contribution is 1.83. The Balaban J connectivity index is 3.50. The average Bonchev–Trinajstić information content (AvgIpc) is 1.65. The molecule has 0 aromatic heterocycles. The number of hydrogen-bond acceptors (Lipinski definition) is 2. The molecule has 0 aromatic carbocycles. The monoisotopic (exact) mass is 101 g/mol. The first-order valence-corrected chi connectivity index (χ1v) is 2.05. The molecule has 6 heavy (non-hydrogen) atoms. The molecule has 0 radical (unpaired) electrons. The van der Waals surface area contributed by atoms with Crippen LogP contribution in [0.3, 0.4) is 0 Å². The number of nitrogens with two attached hydrogens (primary N) is 1. The zero-order valence-corrected chi connectivity index (χ0v) is 4.28. The molecule has 34 valence electrons. The van der Waals surface area contributed by atoms with Gasteiger partial charge in [0.15, 0.2) is 0 Å². The van der Waals surface area contributed by atoms with Crippen molar-refractivity contribution in [3.05, 3.63) is 23.8 Å². The van der Waals surface area contributed by atoms with E-state index in [1.165, 1.54) is 11.5 Å². The first-order chi connectivity index (χ1) is 2.81. The van der Waals surface area contributed by atoms with E-state index in [1.54, 1.807) is 0 Å². The molecule has 0 saturated carbocycles. The normalized spacial score (nSPS) is 11.2. The van der Waals surface area contributed by atoms with E-state index in [4.69, 9.17) is 5.73 Å². The summed E-state index contributed by atoms with van der Waals surface area (Å²) < 4.78 is 0. The summed E-state index contributed by atoms with van der Waals surface area (Å²) in [7, 11) is 0. The Morgan fingerprint density at radius 3 is 2.33 bits per heavy atom. The molecule has 0 atom stereocenters. The number of rotatable bonds is 1. The van der Waals surface area contributed by atoms with Crippen LogP contribution >= 0.6 is 12.6 Å². The van der Waals surface area contributed by atoms with E-state index in [9.17, 15) is 0 Å². The van der Waals surface area contributed by atoms with Gasteiger partial charge >= 0.3 is 0 Å². The number of thiol groups is 1. The van der Waals surface area contributed by atoms with Crippen LogP contribution in [0.5, 0.6) is 0 Å². The summed E-state index contributed by atoms with van der Waals surface area (Å²) in [6.45, 7) is 3.39. The van der Waals surface area contributed by atoms with Crippen molar-refractivity contribution < 1.29 is 0 Å². The standard InChI is InChI=1S/C4H7NS/c1-2-4(5)3-6/h2-3,6H,1,5H2/b4-3+. The molecule has 1 nitrogen and oxygen atoms in total. The molecule has 0 heterocycles. The molecule has 0 spiro atoms. The molecule has 0 bridgehead atoms. The van der Waals surface area contributed by atoms with Gasteiger partial charge in [0.1, 0.15) is 0 Å². The van der Waals surface area contributed by atoms with Gasteiger partial charge in [0.25, 0.3) is 0 Å². The van der Waals surface area contributed by atoms with Crippen LogP contribution in [-0.4, -0.2) is 0 Å². The number of hydrogen-bond donors (Lipinski definition) is 2. The fourth-order valence-corrected chi connectivity index (χ4v) is 0.158. The van der Waals surface area contributed by atoms with E-state index in [-0.39, 0.29) is 0 Å². The summed E-state index contributed by atoms with van der Waals surface area (Å²) in [5.41, 5.74) is 5.73. The second-order valence-electron chi connectivity index (χ2n) is 0.833. The maximum atomic E-state index is 5.14. The number of allylic oxidation sites excluding steroid dienone is 1. The Kier molecular flexibility index (Phi) is 2.67. The molecular formula is C4H7NS. The molecule has 0 rings (SSSR count). The fourth-order valence-electron chi connectivity index (χ4n) is 0.0527. The van der Waals surface area contributed by atoms with Crippen LogP contribution in [0, 0.1) is 0 Å². The minimum atomic E-state index is 0.596. The van der Waals surface area contributed by atoms with Crippen LogP contribution in [0.15, 0.2) is 23.8 Å². The minimum absolute atomic E-state index is 0.596. The molecular weight excluding hydrogens is 94.1 g/mol. The summed E-state index contributed by atoms with van der Waals surface area (Å²) >= 11 is 3.74. The maximum absolute atomic E-state index is 5.14. The predicted octanol–water partition coefficient (Wildman–Crippen LogP) is 0.902. The fraction of sp³-hybridized carbons (Fsp3) is 0. The first kappa shape index (κ1) is 5.63. The van der Waals surface area contributed by atoms with Crippen molar-refractivity contribution in [2.75, 3.05) is 0 Å². The third-order valence-electron chi connectivity index (χ3n) is 0.385. The van der Waals surface area contributed by atoms with E-state index < -0.39 is 0 Å². The summed E-state index contributed by atoms with van der Waals surface area (Å²) in [6.07, 6.45) is 1.53. The third-order valence-corrected chi connectivity index (χ3v) is 0.683. The quantitative estimate of drug-likeness (QED) is 0.372. The molecule has 2 heteroatoms. The second-order valence-corrected chi connectivity index (χ2v) is 1.09. The molecule has 0 aliphatic rings. The summed E-state index contributed by atoms with van der Waals surface area (Å²) in [5.74, 6) is 0. The highest BCUT2D eigenvalue weighted by atomic mass is 32.1. The lowest BCUT2D eigenvalue weighted by atomic mass is 10.5. The highest BCUT2D eigenvalue weighted by molar-refractivity contribution is 7.83. The Morgan fingerprint density at radius 1 is 1.83 bits per heavy atom. The van der Waals surface area contributed by atoms with Crippen molar-refractivity contribution >= 4 is 12.6 Å². The summed E-state index contributed by atoms with van der Waals surface area (Å²) in [6, 6.07) is 0. The average molecular weight is 101 g/mol. The Morgan fingerprint density at radius 2 is 2.33 bits per heavy atom. The van der Waals surface area contributed by atoms with Gasteiger partial charge in [-0.25, -0.2) is 0 Å². The molecule has 0 fully saturated rings. The van der Waals surface area contributed by atoms with E-state index >= 15 is 0 Å². The molecule has 0 saturated heterocycles. The highest BCUT2D eigenvalue weighted by Gasteiger charge is 1.67. The van der Waals surface area contributed by atoms with Gasteiger partial charge < -0.3 is 5.73 Å². The molecule has 0 unspecified atom stereocenters. The van der Waals surface area contributed by atoms with Crippen molar-refractivity contribution in [2.45, 2.75) is 0 Å². The van der Waals surface area contributed by atoms with Crippen LogP contribution in [0.2, 0.25) is 0 Å². The van der Waals surface area contributed by atoms with Gasteiger partial charge in [-0.15, -0.1) is 12.6 Å². The zero-order chi connectivity index (χ0) is 4.99. The largest absolute Gasteiger partial charge is 0.398 e. The van der Waals surface area contributed by atoms with E-state index in [0.29, 0.717) is 5.70 Å². The van der Waals surface area contributed by atoms with Crippen molar-refractivity contribution in [1.29, 1.82) is 0 Å². The van der Waals surface area contributed by atoms with Crippen LogP contribution < -0.4 is 5.73 Å². The predicted molar refractivity (Wildman–Crippen MR) is 31.5 cm³/mol. The minimum Gasteiger partial charge on any atom is -0.398 e. The molecule has 2 N–H and O–H groups in total.